The van der Waals surface area contributed by atoms with Crippen LogP contribution in [-0.2, 0) is 9.53 Å². The standard InChI is InChI=1S/C6H11BrO2Se/c1-3-9-6(8)5(4-7)10-2/h5H,3-4H2,1-2H3. The quantitative estimate of drug-likeness (QED) is 0.441. The molecule has 4 heteroatoms. The molecule has 0 saturated carbocycles. The number of hydrogen-bond acceptors (Lipinski definition) is 2. The molecule has 0 N–H and O–H groups in total. The fourth-order valence-corrected chi connectivity index (χ4v) is 2.91. The van der Waals surface area contributed by atoms with Crippen LogP contribution in [0, 0.1) is 0 Å². The molecule has 1 unspecified atom stereocenters. The van der Waals surface area contributed by atoms with Gasteiger partial charge in [-0.15, -0.1) is 0 Å². The van der Waals surface area contributed by atoms with Gasteiger partial charge >= 0.3 is 75.9 Å². The van der Waals surface area contributed by atoms with Crippen molar-refractivity contribution in [3.63, 3.8) is 0 Å². The number of ether oxygens (including phenoxy) is 1. The Labute approximate surface area is 76.0 Å². The van der Waals surface area contributed by atoms with Crippen LogP contribution in [0.3, 0.4) is 0 Å². The van der Waals surface area contributed by atoms with E-state index in [0.29, 0.717) is 21.6 Å². The van der Waals surface area contributed by atoms with Crippen molar-refractivity contribution in [2.45, 2.75) is 17.6 Å². The molecule has 0 aromatic carbocycles. The Kier molecular flexibility index (Phi) is 6.49. The first-order chi connectivity index (χ1) is 4.76. The van der Waals surface area contributed by atoms with Gasteiger partial charge < -0.3 is 0 Å². The summed E-state index contributed by atoms with van der Waals surface area (Å²) in [5.41, 5.74) is 0. The summed E-state index contributed by atoms with van der Waals surface area (Å²) in [6, 6.07) is 0. The first-order valence-corrected chi connectivity index (χ1v) is 6.84. The molecular weight excluding hydrogens is 263 g/mol. The van der Waals surface area contributed by atoms with E-state index in [2.05, 4.69) is 15.9 Å². The van der Waals surface area contributed by atoms with Gasteiger partial charge in [-0.2, -0.15) is 0 Å². The zero-order valence-electron chi connectivity index (χ0n) is 6.09. The second-order valence-corrected chi connectivity index (χ2v) is 4.46. The maximum absolute atomic E-state index is 11.0. The van der Waals surface area contributed by atoms with E-state index >= 15 is 0 Å². The number of rotatable bonds is 4. The third-order valence-corrected chi connectivity index (χ3v) is 4.53. The molecule has 0 amide bonds. The number of hydrogen-bond donors (Lipinski definition) is 0. The Balaban J connectivity index is 3.65. The second kappa shape index (κ2) is 6.20. The third-order valence-electron chi connectivity index (χ3n) is 0.974. The van der Waals surface area contributed by atoms with Gasteiger partial charge in [0.05, 0.1) is 0 Å². The van der Waals surface area contributed by atoms with Crippen molar-refractivity contribution in [2.75, 3.05) is 11.9 Å². The molecule has 0 fully saturated rings. The molecule has 0 spiro atoms. The Morgan fingerprint density at radius 3 is 2.70 bits per heavy atom. The van der Waals surface area contributed by atoms with Gasteiger partial charge in [0.25, 0.3) is 0 Å². The molecule has 0 saturated heterocycles. The normalized spacial score (nSPS) is 12.7. The van der Waals surface area contributed by atoms with Crippen LogP contribution in [0.2, 0.25) is 10.6 Å². The molecule has 0 aromatic heterocycles. The van der Waals surface area contributed by atoms with E-state index in [1.807, 2.05) is 12.7 Å². The molecule has 0 heterocycles. The number of carbonyl (C=O) groups excluding carboxylic acids is 1. The van der Waals surface area contributed by atoms with E-state index in [9.17, 15) is 4.79 Å². The van der Waals surface area contributed by atoms with E-state index in [4.69, 9.17) is 4.74 Å². The predicted molar refractivity (Wildman–Crippen MR) is 45.8 cm³/mol. The molecule has 0 aromatic rings. The van der Waals surface area contributed by atoms with Crippen LogP contribution in [0.25, 0.3) is 0 Å². The van der Waals surface area contributed by atoms with Gasteiger partial charge in [0.1, 0.15) is 0 Å². The summed E-state index contributed by atoms with van der Waals surface area (Å²) in [7, 11) is 0. The van der Waals surface area contributed by atoms with Crippen molar-refractivity contribution in [2.24, 2.45) is 0 Å². The molecule has 0 aliphatic rings. The number of carbonyl (C=O) groups is 1. The Bertz CT molecular complexity index is 104. The summed E-state index contributed by atoms with van der Waals surface area (Å²) in [4.78, 5) is 11.1. The topological polar surface area (TPSA) is 26.3 Å². The zero-order valence-corrected chi connectivity index (χ0v) is 9.39. The van der Waals surface area contributed by atoms with Crippen molar-refractivity contribution in [3.8, 4) is 0 Å². The van der Waals surface area contributed by atoms with Crippen LogP contribution in [0.5, 0.6) is 0 Å². The van der Waals surface area contributed by atoms with Gasteiger partial charge in [-0.3, -0.25) is 0 Å². The monoisotopic (exact) mass is 274 g/mol. The SMILES string of the molecule is CCOC(=O)C(CBr)[Se]C. The number of halogens is 1. The molecule has 0 radical (unpaired) electrons. The molecule has 0 rings (SSSR count). The van der Waals surface area contributed by atoms with E-state index in [1.54, 1.807) is 0 Å². The van der Waals surface area contributed by atoms with Crippen LogP contribution in [0.1, 0.15) is 6.92 Å². The van der Waals surface area contributed by atoms with Crippen LogP contribution in [0.15, 0.2) is 0 Å². The number of alkyl halides is 1. The van der Waals surface area contributed by atoms with E-state index in [-0.39, 0.29) is 10.8 Å². The summed E-state index contributed by atoms with van der Waals surface area (Å²) < 4.78 is 4.83. The molecule has 0 aliphatic carbocycles. The fraction of sp³-hybridized carbons (Fsp3) is 0.833. The third kappa shape index (κ3) is 3.59. The van der Waals surface area contributed by atoms with Crippen LogP contribution in [-0.4, -0.2) is 32.9 Å². The number of esters is 1. The van der Waals surface area contributed by atoms with Crippen molar-refractivity contribution in [3.05, 3.63) is 0 Å². The van der Waals surface area contributed by atoms with Gasteiger partial charge in [-0.25, -0.2) is 0 Å². The summed E-state index contributed by atoms with van der Waals surface area (Å²) >= 11 is 3.60. The van der Waals surface area contributed by atoms with Crippen molar-refractivity contribution in [1.29, 1.82) is 0 Å². The van der Waals surface area contributed by atoms with Crippen molar-refractivity contribution < 1.29 is 9.53 Å². The summed E-state index contributed by atoms with van der Waals surface area (Å²) in [5.74, 6) is 1.97. The maximum atomic E-state index is 11.0. The molecule has 60 valence electrons. The average molecular weight is 274 g/mol. The summed E-state index contributed by atoms with van der Waals surface area (Å²) in [6.45, 7) is 2.31. The minimum absolute atomic E-state index is 0.0677. The van der Waals surface area contributed by atoms with Gasteiger partial charge in [-0.1, -0.05) is 0 Å². The van der Waals surface area contributed by atoms with Gasteiger partial charge in [0.15, 0.2) is 0 Å². The first kappa shape index (κ1) is 10.5. The average Bonchev–Trinajstić information content (AvgIpc) is 1.91. The van der Waals surface area contributed by atoms with E-state index < -0.39 is 0 Å². The first-order valence-electron chi connectivity index (χ1n) is 3.01. The Hall–Kier alpha value is 0.469. The fourth-order valence-electron chi connectivity index (χ4n) is 0.457. The second-order valence-electron chi connectivity index (χ2n) is 1.63. The minimum atomic E-state index is -0.0677. The molecule has 2 nitrogen and oxygen atoms in total. The molecule has 0 bridgehead atoms. The summed E-state index contributed by atoms with van der Waals surface area (Å²) in [5, 5.41) is 0.725. The van der Waals surface area contributed by atoms with Gasteiger partial charge in [0.2, 0.25) is 0 Å². The Morgan fingerprint density at radius 2 is 2.40 bits per heavy atom. The molecule has 10 heavy (non-hydrogen) atoms. The molecule has 0 aliphatic heterocycles. The van der Waals surface area contributed by atoms with Gasteiger partial charge in [0, 0.05) is 0 Å². The van der Waals surface area contributed by atoms with E-state index in [1.165, 1.54) is 0 Å². The van der Waals surface area contributed by atoms with Crippen LogP contribution in [0.4, 0.5) is 0 Å². The predicted octanol–water partition coefficient (Wildman–Crippen LogP) is 1.49. The van der Waals surface area contributed by atoms with Crippen molar-refractivity contribution in [1.82, 2.24) is 0 Å². The zero-order chi connectivity index (χ0) is 7.98. The summed E-state index contributed by atoms with van der Waals surface area (Å²) in [6.07, 6.45) is 0. The Morgan fingerprint density at radius 1 is 1.80 bits per heavy atom. The molecule has 1 atom stereocenters. The van der Waals surface area contributed by atoms with Gasteiger partial charge in [-0.05, 0) is 0 Å². The van der Waals surface area contributed by atoms with E-state index in [0.717, 1.165) is 5.33 Å². The van der Waals surface area contributed by atoms with Crippen LogP contribution >= 0.6 is 15.9 Å². The molecular formula is C6H11BrO2Se. The van der Waals surface area contributed by atoms with Crippen molar-refractivity contribution >= 4 is 36.9 Å². The van der Waals surface area contributed by atoms with Crippen LogP contribution < -0.4 is 0 Å².